The molecule has 2 aromatic rings. The lowest BCUT2D eigenvalue weighted by atomic mass is 10.1. The summed E-state index contributed by atoms with van der Waals surface area (Å²) >= 11 is 0. The van der Waals surface area contributed by atoms with Crippen molar-refractivity contribution in [2.24, 2.45) is 0 Å². The van der Waals surface area contributed by atoms with Gasteiger partial charge in [-0.1, -0.05) is 12.1 Å². The topological polar surface area (TPSA) is 79.5 Å². The van der Waals surface area contributed by atoms with Gasteiger partial charge >= 0.3 is 12.1 Å². The number of anilines is 1. The van der Waals surface area contributed by atoms with Gasteiger partial charge in [0.1, 0.15) is 0 Å². The van der Waals surface area contributed by atoms with Gasteiger partial charge in [-0.3, -0.25) is 4.79 Å². The molecule has 0 saturated carbocycles. The Hall–Kier alpha value is -2.77. The minimum Gasteiger partial charge on any atom is -0.475 e. The Morgan fingerprint density at radius 1 is 1.05 bits per heavy atom. The number of carbonyl (C=O) groups is 2. The molecule has 0 bridgehead atoms. The van der Waals surface area contributed by atoms with Gasteiger partial charge in [-0.2, -0.15) is 13.2 Å². The van der Waals surface area contributed by atoms with Crippen LogP contribution >= 0.6 is 0 Å². The van der Waals surface area contributed by atoms with Crippen LogP contribution < -0.4 is 5.32 Å². The van der Waals surface area contributed by atoms with Crippen LogP contribution in [0.4, 0.5) is 18.9 Å². The number of nitrogens with one attached hydrogen (secondary N) is 1. The van der Waals surface area contributed by atoms with Gasteiger partial charge in [0.05, 0.1) is 11.3 Å². The number of hydrogen-bond donors (Lipinski definition) is 2. The Morgan fingerprint density at radius 3 is 2.24 bits per heavy atom. The quantitative estimate of drug-likeness (QED) is 0.911. The second kappa shape index (κ2) is 5.31. The standard InChI is InChI=1S/C13H8F3NO4/c14-13(15,16)7-3-1-2-4-8(7)17-11(18)9-5-6-10(21-9)12(19)20/h1-6H,(H,17,18)(H,19,20). The molecule has 0 saturated heterocycles. The Morgan fingerprint density at radius 2 is 1.67 bits per heavy atom. The van der Waals surface area contributed by atoms with Crippen LogP contribution in [0.15, 0.2) is 40.8 Å². The van der Waals surface area contributed by atoms with Crippen molar-refractivity contribution in [2.75, 3.05) is 5.32 Å². The Labute approximate surface area is 116 Å². The largest absolute Gasteiger partial charge is 0.475 e. The molecule has 8 heteroatoms. The van der Waals surface area contributed by atoms with Crippen LogP contribution in [0.1, 0.15) is 26.7 Å². The summed E-state index contributed by atoms with van der Waals surface area (Å²) < 4.78 is 43.0. The minimum absolute atomic E-state index is 0.399. The van der Waals surface area contributed by atoms with E-state index < -0.39 is 40.8 Å². The second-order valence-electron chi connectivity index (χ2n) is 3.97. The molecule has 0 spiro atoms. The molecule has 0 radical (unpaired) electrons. The van der Waals surface area contributed by atoms with Gasteiger partial charge in [0.2, 0.25) is 5.76 Å². The molecule has 0 aliphatic rings. The second-order valence-corrected chi connectivity index (χ2v) is 3.97. The van der Waals surface area contributed by atoms with Gasteiger partial charge < -0.3 is 14.8 Å². The summed E-state index contributed by atoms with van der Waals surface area (Å²) in [5.74, 6) is -3.24. The summed E-state index contributed by atoms with van der Waals surface area (Å²) in [6, 6.07) is 6.52. The third kappa shape index (κ3) is 3.22. The number of carboxylic acids is 1. The van der Waals surface area contributed by atoms with Gasteiger partial charge in [0, 0.05) is 0 Å². The van der Waals surface area contributed by atoms with Crippen LogP contribution in [0.25, 0.3) is 0 Å². The fourth-order valence-corrected chi connectivity index (χ4v) is 1.60. The highest BCUT2D eigenvalue weighted by atomic mass is 19.4. The van der Waals surface area contributed by atoms with Crippen molar-refractivity contribution in [1.29, 1.82) is 0 Å². The molecule has 5 nitrogen and oxygen atoms in total. The van der Waals surface area contributed by atoms with E-state index in [0.717, 1.165) is 24.3 Å². The molecule has 21 heavy (non-hydrogen) atoms. The van der Waals surface area contributed by atoms with Crippen LogP contribution in [0.3, 0.4) is 0 Å². The monoisotopic (exact) mass is 299 g/mol. The van der Waals surface area contributed by atoms with Gasteiger partial charge in [-0.15, -0.1) is 0 Å². The molecule has 1 amide bonds. The molecule has 1 aromatic heterocycles. The zero-order chi connectivity index (χ0) is 15.6. The summed E-state index contributed by atoms with van der Waals surface area (Å²) in [4.78, 5) is 22.4. The minimum atomic E-state index is -4.63. The van der Waals surface area contributed by atoms with E-state index in [4.69, 9.17) is 9.52 Å². The molecule has 0 atom stereocenters. The average molecular weight is 299 g/mol. The number of alkyl halides is 3. The number of aromatic carboxylic acids is 1. The van der Waals surface area contributed by atoms with E-state index in [-0.39, 0.29) is 0 Å². The summed E-state index contributed by atoms with van der Waals surface area (Å²) in [7, 11) is 0. The fourth-order valence-electron chi connectivity index (χ4n) is 1.60. The highest BCUT2D eigenvalue weighted by Crippen LogP contribution is 2.34. The maximum Gasteiger partial charge on any atom is 0.418 e. The number of furan rings is 1. The maximum absolute atomic E-state index is 12.8. The number of hydrogen-bond acceptors (Lipinski definition) is 3. The van der Waals surface area contributed by atoms with Gasteiger partial charge in [0.15, 0.2) is 5.76 Å². The number of carboxylic acid groups (broad SMARTS) is 1. The van der Waals surface area contributed by atoms with E-state index in [1.54, 1.807) is 0 Å². The third-order valence-electron chi connectivity index (χ3n) is 2.52. The van der Waals surface area contributed by atoms with E-state index in [1.165, 1.54) is 12.1 Å². The zero-order valence-corrected chi connectivity index (χ0v) is 10.3. The number of carbonyl (C=O) groups excluding carboxylic acids is 1. The van der Waals surface area contributed by atoms with Crippen molar-refractivity contribution in [3.05, 3.63) is 53.5 Å². The number of rotatable bonds is 3. The molecule has 1 heterocycles. The molecule has 0 aliphatic heterocycles. The summed E-state index contributed by atoms with van der Waals surface area (Å²) in [6.07, 6.45) is -4.63. The van der Waals surface area contributed by atoms with Crippen molar-refractivity contribution >= 4 is 17.6 Å². The molecule has 2 rings (SSSR count). The smallest absolute Gasteiger partial charge is 0.418 e. The van der Waals surface area contributed by atoms with E-state index in [1.807, 2.05) is 5.32 Å². The van der Waals surface area contributed by atoms with Gasteiger partial charge in [-0.05, 0) is 24.3 Å². The maximum atomic E-state index is 12.8. The van der Waals surface area contributed by atoms with Crippen LogP contribution in [0, 0.1) is 0 Å². The summed E-state index contributed by atoms with van der Waals surface area (Å²) in [6.45, 7) is 0. The molecule has 2 N–H and O–H groups in total. The van der Waals surface area contributed by atoms with Crippen LogP contribution in [-0.2, 0) is 6.18 Å². The first-order valence-electron chi connectivity index (χ1n) is 5.60. The highest BCUT2D eigenvalue weighted by molar-refractivity contribution is 6.03. The third-order valence-corrected chi connectivity index (χ3v) is 2.52. The normalized spacial score (nSPS) is 11.2. The molecule has 0 aliphatic carbocycles. The van der Waals surface area contributed by atoms with Crippen LogP contribution in [0.5, 0.6) is 0 Å². The summed E-state index contributed by atoms with van der Waals surface area (Å²) in [5, 5.41) is 10.7. The first kappa shape index (κ1) is 14.6. The number of benzene rings is 1. The molecule has 110 valence electrons. The van der Waals surface area contributed by atoms with E-state index in [2.05, 4.69) is 0 Å². The fraction of sp³-hybridized carbons (Fsp3) is 0.0769. The van der Waals surface area contributed by atoms with E-state index >= 15 is 0 Å². The number of halogens is 3. The lowest BCUT2D eigenvalue weighted by Gasteiger charge is -2.12. The molecule has 0 fully saturated rings. The van der Waals surface area contributed by atoms with Crippen molar-refractivity contribution < 1.29 is 32.3 Å². The first-order valence-corrected chi connectivity index (χ1v) is 5.60. The lowest BCUT2D eigenvalue weighted by molar-refractivity contribution is -0.136. The molecule has 0 unspecified atom stereocenters. The van der Waals surface area contributed by atoms with Crippen molar-refractivity contribution in [2.45, 2.75) is 6.18 Å². The lowest BCUT2D eigenvalue weighted by Crippen LogP contribution is -2.16. The van der Waals surface area contributed by atoms with Crippen molar-refractivity contribution in [1.82, 2.24) is 0 Å². The van der Waals surface area contributed by atoms with E-state index in [0.29, 0.717) is 0 Å². The average Bonchev–Trinajstić information content (AvgIpc) is 2.88. The molecular weight excluding hydrogens is 291 g/mol. The molecule has 1 aromatic carbocycles. The number of amides is 1. The highest BCUT2D eigenvalue weighted by Gasteiger charge is 2.33. The van der Waals surface area contributed by atoms with Crippen molar-refractivity contribution in [3.8, 4) is 0 Å². The van der Waals surface area contributed by atoms with E-state index in [9.17, 15) is 22.8 Å². The van der Waals surface area contributed by atoms with Gasteiger partial charge in [0.25, 0.3) is 5.91 Å². The Balaban J connectivity index is 2.25. The predicted octanol–water partition coefficient (Wildman–Crippen LogP) is 3.25. The first-order chi connectivity index (χ1) is 9.79. The zero-order valence-electron chi connectivity index (χ0n) is 10.3. The predicted molar refractivity (Wildman–Crippen MR) is 65.1 cm³/mol. The van der Waals surface area contributed by atoms with Crippen molar-refractivity contribution in [3.63, 3.8) is 0 Å². The summed E-state index contributed by atoms with van der Waals surface area (Å²) in [5.41, 5.74) is -1.45. The van der Waals surface area contributed by atoms with Crippen LogP contribution in [0.2, 0.25) is 0 Å². The number of para-hydroxylation sites is 1. The Bertz CT molecular complexity index is 691. The van der Waals surface area contributed by atoms with Gasteiger partial charge in [-0.25, -0.2) is 4.79 Å². The SMILES string of the molecule is O=C(O)c1ccc(C(=O)Nc2ccccc2C(F)(F)F)o1. The Kier molecular flexibility index (Phi) is 3.70. The molecular formula is C13H8F3NO4. The van der Waals surface area contributed by atoms with Crippen LogP contribution in [-0.4, -0.2) is 17.0 Å².